The number of rotatable bonds is 6. The Bertz CT molecular complexity index is 371. The van der Waals surface area contributed by atoms with Crippen LogP contribution in [0.5, 0.6) is 0 Å². The molecule has 0 aromatic heterocycles. The van der Waals surface area contributed by atoms with Gasteiger partial charge in [-0.05, 0) is 23.5 Å². The van der Waals surface area contributed by atoms with Crippen LogP contribution in [0.2, 0.25) is 0 Å². The van der Waals surface area contributed by atoms with Crippen molar-refractivity contribution in [3.63, 3.8) is 0 Å². The van der Waals surface area contributed by atoms with Gasteiger partial charge in [0.15, 0.2) is 0 Å². The number of nitrogens with one attached hydrogen (secondary N) is 1. The summed E-state index contributed by atoms with van der Waals surface area (Å²) in [5.41, 5.74) is 4.17. The molecule has 0 aliphatic carbocycles. The SMILES string of the molecule is CCc1ccc(C=C(CNC(C)C)C(C)C)cc1. The van der Waals surface area contributed by atoms with Gasteiger partial charge in [-0.1, -0.05) is 70.5 Å². The Hall–Kier alpha value is -1.08. The zero-order valence-corrected chi connectivity index (χ0v) is 12.5. The van der Waals surface area contributed by atoms with E-state index in [4.69, 9.17) is 0 Å². The van der Waals surface area contributed by atoms with Gasteiger partial charge in [-0.15, -0.1) is 0 Å². The highest BCUT2D eigenvalue weighted by Gasteiger charge is 2.04. The lowest BCUT2D eigenvalue weighted by Crippen LogP contribution is -2.26. The second kappa shape index (κ2) is 7.38. The minimum Gasteiger partial charge on any atom is -0.311 e. The van der Waals surface area contributed by atoms with Crippen molar-refractivity contribution < 1.29 is 0 Å². The van der Waals surface area contributed by atoms with Gasteiger partial charge in [0.05, 0.1) is 0 Å². The third-order valence-electron chi connectivity index (χ3n) is 3.20. The number of aryl methyl sites for hydroxylation is 1. The lowest BCUT2D eigenvalue weighted by Gasteiger charge is -2.15. The van der Waals surface area contributed by atoms with Crippen LogP contribution in [-0.2, 0) is 6.42 Å². The summed E-state index contributed by atoms with van der Waals surface area (Å²) in [6, 6.07) is 9.42. The molecule has 0 bridgehead atoms. The van der Waals surface area contributed by atoms with Gasteiger partial charge in [0.1, 0.15) is 0 Å². The van der Waals surface area contributed by atoms with Gasteiger partial charge < -0.3 is 5.32 Å². The fourth-order valence-corrected chi connectivity index (χ4v) is 1.81. The first kappa shape index (κ1) is 15.0. The van der Waals surface area contributed by atoms with Crippen molar-refractivity contribution in [2.75, 3.05) is 6.54 Å². The standard InChI is InChI=1S/C17H27N/c1-6-15-7-9-16(10-8-15)11-17(13(2)3)12-18-14(4)5/h7-11,13-14,18H,6,12H2,1-5H3. The van der Waals surface area contributed by atoms with Crippen LogP contribution in [0.1, 0.15) is 45.7 Å². The van der Waals surface area contributed by atoms with E-state index >= 15 is 0 Å². The maximum atomic E-state index is 3.50. The monoisotopic (exact) mass is 245 g/mol. The van der Waals surface area contributed by atoms with E-state index in [2.05, 4.69) is 70.3 Å². The number of hydrogen-bond acceptors (Lipinski definition) is 1. The summed E-state index contributed by atoms with van der Waals surface area (Å²) in [6.07, 6.45) is 3.43. The summed E-state index contributed by atoms with van der Waals surface area (Å²) in [4.78, 5) is 0. The van der Waals surface area contributed by atoms with Crippen LogP contribution in [-0.4, -0.2) is 12.6 Å². The predicted octanol–water partition coefficient (Wildman–Crippen LogP) is 4.29. The van der Waals surface area contributed by atoms with Crippen molar-refractivity contribution in [2.24, 2.45) is 5.92 Å². The van der Waals surface area contributed by atoms with Gasteiger partial charge in [-0.25, -0.2) is 0 Å². The van der Waals surface area contributed by atoms with Crippen molar-refractivity contribution in [3.05, 3.63) is 41.0 Å². The van der Waals surface area contributed by atoms with Crippen LogP contribution in [0.4, 0.5) is 0 Å². The fourth-order valence-electron chi connectivity index (χ4n) is 1.81. The zero-order valence-electron chi connectivity index (χ0n) is 12.5. The molecule has 1 nitrogen and oxygen atoms in total. The zero-order chi connectivity index (χ0) is 13.5. The van der Waals surface area contributed by atoms with E-state index < -0.39 is 0 Å². The first-order valence-corrected chi connectivity index (χ1v) is 7.05. The Morgan fingerprint density at radius 1 is 1.11 bits per heavy atom. The van der Waals surface area contributed by atoms with Crippen molar-refractivity contribution in [3.8, 4) is 0 Å². The molecule has 0 spiro atoms. The normalized spacial score (nSPS) is 12.5. The molecule has 1 rings (SSSR count). The molecular formula is C17H27N. The van der Waals surface area contributed by atoms with Gasteiger partial charge in [0, 0.05) is 12.6 Å². The topological polar surface area (TPSA) is 12.0 Å². The lowest BCUT2D eigenvalue weighted by atomic mass is 9.99. The maximum absolute atomic E-state index is 3.50. The maximum Gasteiger partial charge on any atom is 0.0172 e. The van der Waals surface area contributed by atoms with Crippen LogP contribution in [0.3, 0.4) is 0 Å². The molecule has 18 heavy (non-hydrogen) atoms. The highest BCUT2D eigenvalue weighted by Crippen LogP contribution is 2.15. The molecule has 0 unspecified atom stereocenters. The van der Waals surface area contributed by atoms with Crippen LogP contribution in [0.25, 0.3) is 6.08 Å². The second-order valence-corrected chi connectivity index (χ2v) is 5.50. The molecular weight excluding hydrogens is 218 g/mol. The van der Waals surface area contributed by atoms with Crippen molar-refractivity contribution in [2.45, 2.75) is 47.1 Å². The highest BCUT2D eigenvalue weighted by atomic mass is 14.9. The molecule has 0 aliphatic heterocycles. The molecule has 1 N–H and O–H groups in total. The minimum absolute atomic E-state index is 0.537. The first-order chi connectivity index (χ1) is 8.52. The smallest absolute Gasteiger partial charge is 0.0172 e. The van der Waals surface area contributed by atoms with Gasteiger partial charge in [-0.2, -0.15) is 0 Å². The Morgan fingerprint density at radius 2 is 1.72 bits per heavy atom. The fraction of sp³-hybridized carbons (Fsp3) is 0.529. The summed E-state index contributed by atoms with van der Waals surface area (Å²) in [5, 5.41) is 3.50. The average Bonchev–Trinajstić information content (AvgIpc) is 2.34. The van der Waals surface area contributed by atoms with Crippen molar-refractivity contribution >= 4 is 6.08 Å². The van der Waals surface area contributed by atoms with E-state index in [1.54, 1.807) is 0 Å². The van der Waals surface area contributed by atoms with E-state index in [1.807, 2.05) is 0 Å². The van der Waals surface area contributed by atoms with E-state index in [0.29, 0.717) is 12.0 Å². The Morgan fingerprint density at radius 3 is 2.17 bits per heavy atom. The molecule has 0 atom stereocenters. The average molecular weight is 245 g/mol. The van der Waals surface area contributed by atoms with Crippen LogP contribution in [0.15, 0.2) is 29.8 Å². The third-order valence-corrected chi connectivity index (χ3v) is 3.20. The summed E-state index contributed by atoms with van der Waals surface area (Å²) in [7, 11) is 0. The van der Waals surface area contributed by atoms with Crippen LogP contribution in [0, 0.1) is 5.92 Å². The molecule has 0 amide bonds. The summed E-state index contributed by atoms with van der Waals surface area (Å²) < 4.78 is 0. The van der Waals surface area contributed by atoms with E-state index in [9.17, 15) is 0 Å². The third kappa shape index (κ3) is 5.05. The number of benzene rings is 1. The molecule has 0 heterocycles. The molecule has 0 saturated heterocycles. The Labute approximate surface area is 112 Å². The quantitative estimate of drug-likeness (QED) is 0.788. The second-order valence-electron chi connectivity index (χ2n) is 5.50. The molecule has 1 aromatic carbocycles. The highest BCUT2D eigenvalue weighted by molar-refractivity contribution is 5.54. The Kier molecular flexibility index (Phi) is 6.14. The molecule has 0 radical (unpaired) electrons. The van der Waals surface area contributed by atoms with Crippen LogP contribution >= 0.6 is 0 Å². The molecule has 0 saturated carbocycles. The number of hydrogen-bond donors (Lipinski definition) is 1. The van der Waals surface area contributed by atoms with Gasteiger partial charge in [0.2, 0.25) is 0 Å². The summed E-state index contributed by atoms with van der Waals surface area (Å²) in [6.45, 7) is 12.1. The van der Waals surface area contributed by atoms with E-state index in [-0.39, 0.29) is 0 Å². The first-order valence-electron chi connectivity index (χ1n) is 7.05. The van der Waals surface area contributed by atoms with Crippen LogP contribution < -0.4 is 5.32 Å². The predicted molar refractivity (Wildman–Crippen MR) is 81.8 cm³/mol. The molecule has 1 aromatic rings. The molecule has 1 heteroatoms. The van der Waals surface area contributed by atoms with Crippen molar-refractivity contribution in [1.29, 1.82) is 0 Å². The van der Waals surface area contributed by atoms with Crippen molar-refractivity contribution in [1.82, 2.24) is 5.32 Å². The van der Waals surface area contributed by atoms with Gasteiger partial charge >= 0.3 is 0 Å². The summed E-state index contributed by atoms with van der Waals surface area (Å²) in [5.74, 6) is 0.585. The lowest BCUT2D eigenvalue weighted by molar-refractivity contribution is 0.593. The minimum atomic E-state index is 0.537. The van der Waals surface area contributed by atoms with Gasteiger partial charge in [-0.3, -0.25) is 0 Å². The van der Waals surface area contributed by atoms with E-state index in [1.165, 1.54) is 16.7 Å². The molecule has 0 fully saturated rings. The Balaban J connectivity index is 2.79. The molecule has 100 valence electrons. The molecule has 0 aliphatic rings. The van der Waals surface area contributed by atoms with Gasteiger partial charge in [0.25, 0.3) is 0 Å². The largest absolute Gasteiger partial charge is 0.311 e. The summed E-state index contributed by atoms with van der Waals surface area (Å²) >= 11 is 0. The van der Waals surface area contributed by atoms with E-state index in [0.717, 1.165) is 13.0 Å².